The quantitative estimate of drug-likeness (QED) is 0.920. The van der Waals surface area contributed by atoms with Crippen molar-refractivity contribution < 1.29 is 5.11 Å². The Hall–Kier alpha value is -1.33. The average Bonchev–Trinajstić information content (AvgIpc) is 2.74. The fourth-order valence-corrected chi connectivity index (χ4v) is 2.53. The van der Waals surface area contributed by atoms with Gasteiger partial charge in [0.2, 0.25) is 0 Å². The van der Waals surface area contributed by atoms with Crippen molar-refractivity contribution in [1.29, 1.82) is 0 Å². The summed E-state index contributed by atoms with van der Waals surface area (Å²) in [7, 11) is 0. The largest absolute Gasteiger partial charge is 0.388 e. The maximum atomic E-state index is 10.3. The first-order chi connectivity index (χ1) is 8.60. The van der Waals surface area contributed by atoms with Crippen molar-refractivity contribution >= 4 is 11.3 Å². The second-order valence-corrected chi connectivity index (χ2v) is 5.38. The Kier molecular flexibility index (Phi) is 4.04. The van der Waals surface area contributed by atoms with Crippen LogP contribution in [0.15, 0.2) is 11.4 Å². The van der Waals surface area contributed by atoms with Gasteiger partial charge in [0.15, 0.2) is 0 Å². The highest BCUT2D eigenvalue weighted by Crippen LogP contribution is 2.22. The molecule has 1 atom stereocenters. The van der Waals surface area contributed by atoms with Crippen LogP contribution >= 0.6 is 11.3 Å². The van der Waals surface area contributed by atoms with E-state index in [4.69, 9.17) is 0 Å². The minimum Gasteiger partial charge on any atom is -0.388 e. The highest BCUT2D eigenvalue weighted by Gasteiger charge is 2.15. The summed E-state index contributed by atoms with van der Waals surface area (Å²) >= 11 is 1.60. The second-order valence-electron chi connectivity index (χ2n) is 4.32. The van der Waals surface area contributed by atoms with E-state index in [0.29, 0.717) is 6.42 Å². The molecular formula is C13H17N3OS. The number of aryl methyl sites for hydroxylation is 3. The Bertz CT molecular complexity index is 539. The smallest absolute Gasteiger partial charge is 0.0897 e. The van der Waals surface area contributed by atoms with E-state index in [1.807, 2.05) is 32.2 Å². The fraction of sp³-hybridized carbons (Fsp3) is 0.462. The van der Waals surface area contributed by atoms with Gasteiger partial charge in [0.05, 0.1) is 28.2 Å². The van der Waals surface area contributed by atoms with Crippen LogP contribution in [0.2, 0.25) is 0 Å². The van der Waals surface area contributed by atoms with E-state index in [9.17, 15) is 5.11 Å². The molecule has 5 heteroatoms. The average molecular weight is 263 g/mol. The zero-order valence-electron chi connectivity index (χ0n) is 10.8. The third-order valence-electron chi connectivity index (χ3n) is 2.79. The summed E-state index contributed by atoms with van der Waals surface area (Å²) in [5.41, 5.74) is 3.49. The zero-order chi connectivity index (χ0) is 13.1. The lowest BCUT2D eigenvalue weighted by atomic mass is 10.0. The molecule has 1 unspecified atom stereocenters. The first kappa shape index (κ1) is 13.1. The van der Waals surface area contributed by atoms with Crippen LogP contribution in [0.1, 0.15) is 40.7 Å². The van der Waals surface area contributed by atoms with Gasteiger partial charge >= 0.3 is 0 Å². The number of aliphatic hydroxyl groups is 1. The van der Waals surface area contributed by atoms with E-state index >= 15 is 0 Å². The lowest BCUT2D eigenvalue weighted by Gasteiger charge is -2.13. The highest BCUT2D eigenvalue weighted by molar-refractivity contribution is 7.09. The third-order valence-corrected chi connectivity index (χ3v) is 3.61. The van der Waals surface area contributed by atoms with Gasteiger partial charge in [0, 0.05) is 17.4 Å². The van der Waals surface area contributed by atoms with E-state index < -0.39 is 6.10 Å². The van der Waals surface area contributed by atoms with Gasteiger partial charge in [-0.15, -0.1) is 11.3 Å². The predicted octanol–water partition coefficient (Wildman–Crippen LogP) is 2.39. The summed E-state index contributed by atoms with van der Waals surface area (Å²) in [6.45, 7) is 5.87. The molecule has 2 heterocycles. The molecule has 4 nitrogen and oxygen atoms in total. The van der Waals surface area contributed by atoms with Crippen molar-refractivity contribution in [2.24, 2.45) is 0 Å². The number of nitrogens with zero attached hydrogens (tertiary/aromatic N) is 3. The molecule has 0 saturated heterocycles. The normalized spacial score (nSPS) is 12.7. The molecular weight excluding hydrogens is 246 g/mol. The number of thiazole rings is 1. The number of aliphatic hydroxyl groups excluding tert-OH is 1. The number of aromatic nitrogens is 3. The van der Waals surface area contributed by atoms with E-state index in [-0.39, 0.29) is 0 Å². The van der Waals surface area contributed by atoms with Crippen LogP contribution in [0.4, 0.5) is 0 Å². The van der Waals surface area contributed by atoms with Crippen molar-refractivity contribution in [3.05, 3.63) is 39.1 Å². The van der Waals surface area contributed by atoms with Gasteiger partial charge in [-0.3, -0.25) is 0 Å². The summed E-state index contributed by atoms with van der Waals surface area (Å²) in [6, 6.07) is 1.91. The van der Waals surface area contributed by atoms with E-state index in [0.717, 1.165) is 34.1 Å². The molecule has 96 valence electrons. The Morgan fingerprint density at radius 1 is 1.33 bits per heavy atom. The molecule has 0 aliphatic rings. The topological polar surface area (TPSA) is 58.9 Å². The van der Waals surface area contributed by atoms with Gasteiger partial charge in [-0.1, -0.05) is 6.92 Å². The molecule has 1 N–H and O–H groups in total. The highest BCUT2D eigenvalue weighted by atomic mass is 32.1. The molecule has 0 bridgehead atoms. The molecule has 0 saturated carbocycles. The zero-order valence-corrected chi connectivity index (χ0v) is 11.7. The molecule has 2 rings (SSSR count). The SMILES string of the molecule is CCc1nnc(C)cc1C(O)Cc1csc(C)n1. The monoisotopic (exact) mass is 263 g/mol. The molecule has 2 aromatic heterocycles. The van der Waals surface area contributed by atoms with Gasteiger partial charge in [-0.25, -0.2) is 4.98 Å². The molecule has 2 aromatic rings. The first-order valence-electron chi connectivity index (χ1n) is 6.02. The van der Waals surface area contributed by atoms with Crippen molar-refractivity contribution in [2.45, 2.75) is 39.7 Å². The second kappa shape index (κ2) is 5.54. The van der Waals surface area contributed by atoms with Gasteiger partial charge in [-0.05, 0) is 26.3 Å². The van der Waals surface area contributed by atoms with Crippen molar-refractivity contribution in [3.63, 3.8) is 0 Å². The van der Waals surface area contributed by atoms with Gasteiger partial charge < -0.3 is 5.11 Å². The van der Waals surface area contributed by atoms with Crippen LogP contribution in [0, 0.1) is 13.8 Å². The van der Waals surface area contributed by atoms with Crippen molar-refractivity contribution in [2.75, 3.05) is 0 Å². The maximum absolute atomic E-state index is 10.3. The van der Waals surface area contributed by atoms with Gasteiger partial charge in [-0.2, -0.15) is 10.2 Å². The van der Waals surface area contributed by atoms with Crippen LogP contribution in [-0.2, 0) is 12.8 Å². The lowest BCUT2D eigenvalue weighted by Crippen LogP contribution is -2.09. The summed E-state index contributed by atoms with van der Waals surface area (Å²) in [5.74, 6) is 0. The standard InChI is InChI=1S/C13H17N3OS/c1-4-12-11(5-8(2)15-16-12)13(17)6-10-7-18-9(3)14-10/h5,7,13,17H,4,6H2,1-3H3. The maximum Gasteiger partial charge on any atom is 0.0897 e. The van der Waals surface area contributed by atoms with Crippen LogP contribution in [0.5, 0.6) is 0 Å². The third kappa shape index (κ3) is 2.91. The molecule has 0 radical (unpaired) electrons. The molecule has 0 fully saturated rings. The number of rotatable bonds is 4. The molecule has 0 spiro atoms. The Morgan fingerprint density at radius 3 is 2.72 bits per heavy atom. The molecule has 0 aromatic carbocycles. The van der Waals surface area contributed by atoms with Crippen molar-refractivity contribution in [3.8, 4) is 0 Å². The van der Waals surface area contributed by atoms with Gasteiger partial charge in [0.1, 0.15) is 0 Å². The predicted molar refractivity (Wildman–Crippen MR) is 71.7 cm³/mol. The Labute approximate surface area is 111 Å². The summed E-state index contributed by atoms with van der Waals surface area (Å²) < 4.78 is 0. The minimum atomic E-state index is -0.560. The van der Waals surface area contributed by atoms with Crippen LogP contribution in [0.25, 0.3) is 0 Å². The molecule has 0 aliphatic carbocycles. The van der Waals surface area contributed by atoms with Gasteiger partial charge in [0.25, 0.3) is 0 Å². The number of hydrogen-bond donors (Lipinski definition) is 1. The van der Waals surface area contributed by atoms with E-state index in [1.165, 1.54) is 0 Å². The summed E-state index contributed by atoms with van der Waals surface area (Å²) in [6.07, 6.45) is 0.744. The summed E-state index contributed by atoms with van der Waals surface area (Å²) in [5, 5.41) is 21.5. The van der Waals surface area contributed by atoms with E-state index in [2.05, 4.69) is 15.2 Å². The Balaban J connectivity index is 2.22. The number of hydrogen-bond acceptors (Lipinski definition) is 5. The van der Waals surface area contributed by atoms with E-state index in [1.54, 1.807) is 11.3 Å². The van der Waals surface area contributed by atoms with Crippen LogP contribution in [0.3, 0.4) is 0 Å². The minimum absolute atomic E-state index is 0.530. The Morgan fingerprint density at radius 2 is 2.11 bits per heavy atom. The molecule has 18 heavy (non-hydrogen) atoms. The molecule has 0 aliphatic heterocycles. The fourth-order valence-electron chi connectivity index (χ4n) is 1.91. The first-order valence-corrected chi connectivity index (χ1v) is 6.90. The van der Waals surface area contributed by atoms with Crippen molar-refractivity contribution in [1.82, 2.24) is 15.2 Å². The lowest BCUT2D eigenvalue weighted by molar-refractivity contribution is 0.175. The summed E-state index contributed by atoms with van der Waals surface area (Å²) in [4.78, 5) is 4.38. The van der Waals surface area contributed by atoms with Crippen LogP contribution in [-0.4, -0.2) is 20.3 Å². The molecule has 0 amide bonds. The van der Waals surface area contributed by atoms with Crippen LogP contribution < -0.4 is 0 Å².